The van der Waals surface area contributed by atoms with Gasteiger partial charge in [0.2, 0.25) is 0 Å². The van der Waals surface area contributed by atoms with Gasteiger partial charge in [-0.15, -0.1) is 0 Å². The smallest absolute Gasteiger partial charge is 0.170 e. The van der Waals surface area contributed by atoms with Crippen LogP contribution in [0.2, 0.25) is 0 Å². The standard InChI is InChI=1S/C17H24O2.C17H26O.2C2H6.CH4/c1-15(2,3)17(16(4,5)6)11-13(18)12-9-7-8-10-14(12)19-17;1-15(2,3)17(16(4,5)6)12-11-13-9-7-8-10-14(13)18-17;2*1-2;/h7-10H,11H2,1-6H3;7-10H,11-12H2,1-6H3;2*1-2H3;1H4. The number of Topliss-reactive ketones (excluding diaryl/α,β-unsaturated/α-hetero) is 1. The quantitative estimate of drug-likeness (QED) is 0.310. The summed E-state index contributed by atoms with van der Waals surface area (Å²) in [5, 5.41) is 0. The second-order valence-corrected chi connectivity index (χ2v) is 15.1. The molecular formula is C39H66O3. The molecule has 4 rings (SSSR count). The van der Waals surface area contributed by atoms with E-state index in [0.29, 0.717) is 12.0 Å². The minimum Gasteiger partial charge on any atom is -0.486 e. The van der Waals surface area contributed by atoms with E-state index in [4.69, 9.17) is 9.47 Å². The van der Waals surface area contributed by atoms with E-state index < -0.39 is 5.60 Å². The molecule has 2 aliphatic rings. The third kappa shape index (κ3) is 7.80. The molecule has 2 aliphatic heterocycles. The van der Waals surface area contributed by atoms with Gasteiger partial charge in [-0.25, -0.2) is 0 Å². The lowest BCUT2D eigenvalue weighted by molar-refractivity contribution is -0.127. The lowest BCUT2D eigenvalue weighted by atomic mass is 9.59. The van der Waals surface area contributed by atoms with Crippen LogP contribution in [-0.4, -0.2) is 17.0 Å². The lowest BCUT2D eigenvalue weighted by Crippen LogP contribution is -2.60. The van der Waals surface area contributed by atoms with Crippen molar-refractivity contribution in [3.05, 3.63) is 59.7 Å². The highest BCUT2D eigenvalue weighted by atomic mass is 16.5. The van der Waals surface area contributed by atoms with Gasteiger partial charge in [-0.3, -0.25) is 4.79 Å². The number of hydrogen-bond acceptors (Lipinski definition) is 3. The summed E-state index contributed by atoms with van der Waals surface area (Å²) in [5.74, 6) is 1.99. The third-order valence-corrected chi connectivity index (χ3v) is 8.73. The second kappa shape index (κ2) is 14.5. The Bertz CT molecular complexity index is 1090. The Kier molecular flexibility index (Phi) is 13.7. The Hall–Kier alpha value is -2.29. The fourth-order valence-electron chi connectivity index (χ4n) is 6.83. The highest BCUT2D eigenvalue weighted by Crippen LogP contribution is 2.53. The van der Waals surface area contributed by atoms with Crippen molar-refractivity contribution in [1.29, 1.82) is 0 Å². The van der Waals surface area contributed by atoms with Gasteiger partial charge in [0.15, 0.2) is 5.78 Å². The first-order valence-corrected chi connectivity index (χ1v) is 15.8. The number of aryl methyl sites for hydroxylation is 1. The molecule has 2 aromatic rings. The van der Waals surface area contributed by atoms with Gasteiger partial charge in [0.25, 0.3) is 0 Å². The number of carbonyl (C=O) groups excluding carboxylic acids is 1. The number of hydrogen-bond donors (Lipinski definition) is 0. The van der Waals surface area contributed by atoms with Crippen molar-refractivity contribution in [2.75, 3.05) is 0 Å². The highest BCUT2D eigenvalue weighted by molar-refractivity contribution is 6.00. The van der Waals surface area contributed by atoms with Crippen LogP contribution in [0.15, 0.2) is 48.5 Å². The van der Waals surface area contributed by atoms with Gasteiger partial charge in [0, 0.05) is 21.7 Å². The minimum atomic E-state index is -0.481. The van der Waals surface area contributed by atoms with Crippen molar-refractivity contribution in [3.63, 3.8) is 0 Å². The summed E-state index contributed by atoms with van der Waals surface area (Å²) in [6.07, 6.45) is 2.65. The summed E-state index contributed by atoms with van der Waals surface area (Å²) in [6, 6.07) is 16.0. The molecule has 0 atom stereocenters. The molecule has 0 saturated heterocycles. The van der Waals surface area contributed by atoms with Gasteiger partial charge < -0.3 is 9.47 Å². The Morgan fingerprint density at radius 1 is 0.571 bits per heavy atom. The molecule has 0 N–H and O–H groups in total. The van der Waals surface area contributed by atoms with E-state index in [0.717, 1.165) is 24.3 Å². The van der Waals surface area contributed by atoms with Crippen molar-refractivity contribution in [2.24, 2.45) is 21.7 Å². The average molecular weight is 583 g/mol. The zero-order chi connectivity index (χ0) is 32.1. The van der Waals surface area contributed by atoms with Crippen molar-refractivity contribution in [1.82, 2.24) is 0 Å². The number of ketones is 1. The molecule has 0 fully saturated rings. The fourth-order valence-corrected chi connectivity index (χ4v) is 6.83. The van der Waals surface area contributed by atoms with E-state index in [1.54, 1.807) is 0 Å². The summed E-state index contributed by atoms with van der Waals surface area (Å²) in [7, 11) is 0. The zero-order valence-electron chi connectivity index (χ0n) is 29.5. The summed E-state index contributed by atoms with van der Waals surface area (Å²) in [6.45, 7) is 34.7. The molecular weight excluding hydrogens is 516 g/mol. The van der Waals surface area contributed by atoms with Crippen LogP contribution in [0.25, 0.3) is 0 Å². The van der Waals surface area contributed by atoms with E-state index in [-0.39, 0.29) is 40.5 Å². The number of fused-ring (bicyclic) bond motifs is 2. The molecule has 0 saturated carbocycles. The molecule has 0 spiro atoms. The van der Waals surface area contributed by atoms with Gasteiger partial charge in [-0.2, -0.15) is 0 Å². The molecule has 0 radical (unpaired) electrons. The van der Waals surface area contributed by atoms with E-state index in [2.05, 4.69) is 107 Å². The van der Waals surface area contributed by atoms with Crippen LogP contribution in [0, 0.1) is 21.7 Å². The van der Waals surface area contributed by atoms with E-state index in [9.17, 15) is 4.79 Å². The molecule has 0 amide bonds. The first-order valence-electron chi connectivity index (χ1n) is 15.8. The Morgan fingerprint density at radius 2 is 0.952 bits per heavy atom. The van der Waals surface area contributed by atoms with Crippen molar-refractivity contribution < 1.29 is 14.3 Å². The highest BCUT2D eigenvalue weighted by Gasteiger charge is 2.56. The Balaban J connectivity index is 0.000000702. The monoisotopic (exact) mass is 583 g/mol. The lowest BCUT2D eigenvalue weighted by Gasteiger charge is -2.55. The number of rotatable bonds is 0. The summed E-state index contributed by atoms with van der Waals surface area (Å²) >= 11 is 0. The average Bonchev–Trinajstić information content (AvgIpc) is 2.88. The maximum Gasteiger partial charge on any atom is 0.170 e. The van der Waals surface area contributed by atoms with Gasteiger partial charge in [-0.1, -0.05) is 149 Å². The van der Waals surface area contributed by atoms with Crippen LogP contribution in [0.5, 0.6) is 11.5 Å². The summed E-state index contributed by atoms with van der Waals surface area (Å²) < 4.78 is 12.9. The molecule has 3 heteroatoms. The maximum absolute atomic E-state index is 12.5. The Labute approximate surface area is 261 Å². The largest absolute Gasteiger partial charge is 0.486 e. The van der Waals surface area contributed by atoms with Crippen LogP contribution in [-0.2, 0) is 6.42 Å². The van der Waals surface area contributed by atoms with Crippen LogP contribution in [0.3, 0.4) is 0 Å². The second-order valence-electron chi connectivity index (χ2n) is 15.1. The van der Waals surface area contributed by atoms with Crippen molar-refractivity contribution in [2.45, 2.75) is 149 Å². The van der Waals surface area contributed by atoms with Crippen molar-refractivity contribution >= 4 is 5.78 Å². The maximum atomic E-state index is 12.5. The van der Waals surface area contributed by atoms with E-state index in [1.165, 1.54) is 5.56 Å². The zero-order valence-corrected chi connectivity index (χ0v) is 29.5. The number of benzene rings is 2. The number of ether oxygens (including phenoxy) is 2. The normalized spacial score (nSPS) is 16.9. The fraction of sp³-hybridized carbons (Fsp3) is 0.667. The molecule has 2 heterocycles. The van der Waals surface area contributed by atoms with Crippen molar-refractivity contribution in [3.8, 4) is 11.5 Å². The number of para-hydroxylation sites is 2. The molecule has 3 nitrogen and oxygen atoms in total. The third-order valence-electron chi connectivity index (χ3n) is 8.73. The molecule has 240 valence electrons. The van der Waals surface area contributed by atoms with Crippen LogP contribution in [0.1, 0.15) is 147 Å². The predicted molar refractivity (Wildman–Crippen MR) is 184 cm³/mol. The van der Waals surface area contributed by atoms with Gasteiger partial charge in [0.1, 0.15) is 22.7 Å². The Morgan fingerprint density at radius 3 is 1.40 bits per heavy atom. The van der Waals surface area contributed by atoms with Gasteiger partial charge >= 0.3 is 0 Å². The predicted octanol–water partition coefficient (Wildman–Crippen LogP) is 12.0. The molecule has 0 bridgehead atoms. The SMILES string of the molecule is C.CC.CC.CC(C)(C)C1(C(C)(C)C)CC(=O)c2ccccc2O1.CC(C)(C)C1(C(C)(C)C)CCc2ccccc2O1. The van der Waals surface area contributed by atoms with Crippen LogP contribution in [0.4, 0.5) is 0 Å². The molecule has 0 aromatic heterocycles. The molecule has 0 aliphatic carbocycles. The molecule has 2 aromatic carbocycles. The first kappa shape index (κ1) is 39.7. The van der Waals surface area contributed by atoms with Gasteiger partial charge in [0.05, 0.1) is 12.0 Å². The minimum absolute atomic E-state index is 0. The van der Waals surface area contributed by atoms with Crippen LogP contribution < -0.4 is 9.47 Å². The van der Waals surface area contributed by atoms with Gasteiger partial charge in [-0.05, 0) is 36.6 Å². The first-order chi connectivity index (χ1) is 18.8. The molecule has 0 unspecified atom stereocenters. The summed E-state index contributed by atoms with van der Waals surface area (Å²) in [4.78, 5) is 12.5. The van der Waals surface area contributed by atoms with Crippen LogP contribution >= 0.6 is 0 Å². The van der Waals surface area contributed by atoms with E-state index >= 15 is 0 Å². The summed E-state index contributed by atoms with van der Waals surface area (Å²) in [5.41, 5.74) is 1.49. The van der Waals surface area contributed by atoms with E-state index in [1.807, 2.05) is 52.0 Å². The molecule has 42 heavy (non-hydrogen) atoms. The number of carbonyl (C=O) groups is 1. The topological polar surface area (TPSA) is 35.5 Å².